The topological polar surface area (TPSA) is 3.24 Å². The third-order valence-electron chi connectivity index (χ3n) is 4.73. The first-order valence-electron chi connectivity index (χ1n) is 7.24. The van der Waals surface area contributed by atoms with Gasteiger partial charge in [0.1, 0.15) is 0 Å². The highest BCUT2D eigenvalue weighted by Crippen LogP contribution is 2.41. The number of halogens is 1. The monoisotopic (exact) mass is 263 g/mol. The van der Waals surface area contributed by atoms with Gasteiger partial charge >= 0.3 is 0 Å². The molecule has 2 heteroatoms. The number of rotatable bonds is 1. The number of hydrogen-bond acceptors (Lipinski definition) is 1. The summed E-state index contributed by atoms with van der Waals surface area (Å²) in [5.41, 5.74) is 3.02. The van der Waals surface area contributed by atoms with E-state index in [1.54, 1.807) is 0 Å². The van der Waals surface area contributed by atoms with E-state index in [9.17, 15) is 0 Å². The molecule has 0 bridgehead atoms. The Kier molecular flexibility index (Phi) is 3.63. The van der Waals surface area contributed by atoms with E-state index in [4.69, 9.17) is 11.6 Å². The Hall–Kier alpha value is -0.530. The lowest BCUT2D eigenvalue weighted by molar-refractivity contribution is 0.135. The van der Waals surface area contributed by atoms with Crippen molar-refractivity contribution in [2.45, 2.75) is 44.6 Å². The number of nitrogens with zero attached hydrogens (tertiary/aromatic N) is 1. The first kappa shape index (κ1) is 12.5. The van der Waals surface area contributed by atoms with Gasteiger partial charge in [0.15, 0.2) is 0 Å². The first-order chi connectivity index (χ1) is 8.75. The molecule has 1 nitrogen and oxygen atoms in total. The van der Waals surface area contributed by atoms with Gasteiger partial charge in [-0.25, -0.2) is 0 Å². The smallest absolute Gasteiger partial charge is 0.0409 e. The molecule has 0 radical (unpaired) electrons. The van der Waals surface area contributed by atoms with Crippen LogP contribution in [0.3, 0.4) is 0 Å². The Morgan fingerprint density at radius 2 is 1.94 bits per heavy atom. The Morgan fingerprint density at radius 1 is 1.17 bits per heavy atom. The maximum Gasteiger partial charge on any atom is 0.0409 e. The van der Waals surface area contributed by atoms with Gasteiger partial charge in [0.2, 0.25) is 0 Å². The summed E-state index contributed by atoms with van der Waals surface area (Å²) in [4.78, 5) is 2.55. The van der Waals surface area contributed by atoms with Crippen LogP contribution in [0.1, 0.15) is 49.3 Å². The summed E-state index contributed by atoms with van der Waals surface area (Å²) in [7, 11) is 2.28. The molecular formula is C16H22ClN. The molecule has 1 aromatic carbocycles. The molecule has 0 saturated heterocycles. The fraction of sp³-hybridized carbons (Fsp3) is 0.625. The van der Waals surface area contributed by atoms with Crippen LogP contribution in [0, 0.1) is 5.92 Å². The van der Waals surface area contributed by atoms with Crippen molar-refractivity contribution in [1.29, 1.82) is 0 Å². The second-order valence-corrected chi connectivity index (χ2v) is 6.35. The minimum Gasteiger partial charge on any atom is -0.299 e. The number of fused-ring (bicyclic) bond motifs is 1. The summed E-state index contributed by atoms with van der Waals surface area (Å²) in [6, 6.07) is 7.10. The quantitative estimate of drug-likeness (QED) is 0.724. The maximum atomic E-state index is 6.21. The van der Waals surface area contributed by atoms with Crippen LogP contribution in [0.25, 0.3) is 0 Å². The van der Waals surface area contributed by atoms with Crippen LogP contribution in [0.4, 0.5) is 0 Å². The van der Waals surface area contributed by atoms with Crippen molar-refractivity contribution >= 4 is 11.6 Å². The molecule has 0 aromatic heterocycles. The van der Waals surface area contributed by atoms with Gasteiger partial charge in [-0.05, 0) is 55.5 Å². The molecular weight excluding hydrogens is 242 g/mol. The minimum absolute atomic E-state index is 0.604. The fourth-order valence-corrected chi connectivity index (χ4v) is 3.99. The van der Waals surface area contributed by atoms with E-state index in [1.165, 1.54) is 56.2 Å². The number of likely N-dealkylation sites (N-methyl/N-ethyl adjacent to an activating group) is 1. The van der Waals surface area contributed by atoms with Crippen LogP contribution in [-0.2, 0) is 6.42 Å². The van der Waals surface area contributed by atoms with Crippen molar-refractivity contribution in [2.24, 2.45) is 5.92 Å². The highest BCUT2D eigenvalue weighted by atomic mass is 35.5. The molecule has 1 heterocycles. The van der Waals surface area contributed by atoms with Gasteiger partial charge in [-0.2, -0.15) is 0 Å². The van der Waals surface area contributed by atoms with Gasteiger partial charge < -0.3 is 0 Å². The van der Waals surface area contributed by atoms with Crippen LogP contribution < -0.4 is 0 Å². The molecule has 1 aromatic rings. The second kappa shape index (κ2) is 5.22. The molecule has 1 aliphatic carbocycles. The van der Waals surface area contributed by atoms with Crippen molar-refractivity contribution in [3.05, 3.63) is 34.3 Å². The predicted molar refractivity (Wildman–Crippen MR) is 77.1 cm³/mol. The molecule has 0 N–H and O–H groups in total. The summed E-state index contributed by atoms with van der Waals surface area (Å²) in [6.07, 6.45) is 8.19. The molecule has 1 saturated carbocycles. The van der Waals surface area contributed by atoms with Gasteiger partial charge in [-0.15, -0.1) is 0 Å². The molecule has 1 fully saturated rings. The van der Waals surface area contributed by atoms with E-state index in [-0.39, 0.29) is 0 Å². The molecule has 0 spiro atoms. The number of benzene rings is 1. The van der Waals surface area contributed by atoms with E-state index >= 15 is 0 Å². The average Bonchev–Trinajstić information content (AvgIpc) is 2.39. The molecule has 3 rings (SSSR count). The van der Waals surface area contributed by atoms with Crippen molar-refractivity contribution in [1.82, 2.24) is 4.90 Å². The summed E-state index contributed by atoms with van der Waals surface area (Å²) >= 11 is 6.21. The third-order valence-corrected chi connectivity index (χ3v) is 4.97. The van der Waals surface area contributed by atoms with Crippen LogP contribution in [0.2, 0.25) is 5.02 Å². The van der Waals surface area contributed by atoms with Gasteiger partial charge in [-0.3, -0.25) is 4.90 Å². The third kappa shape index (κ3) is 2.31. The van der Waals surface area contributed by atoms with E-state index < -0.39 is 0 Å². The van der Waals surface area contributed by atoms with E-state index in [0.29, 0.717) is 6.04 Å². The summed E-state index contributed by atoms with van der Waals surface area (Å²) in [6.45, 7) is 1.19. The molecule has 18 heavy (non-hydrogen) atoms. The lowest BCUT2D eigenvalue weighted by Crippen LogP contribution is -2.37. The van der Waals surface area contributed by atoms with Crippen molar-refractivity contribution in [3.63, 3.8) is 0 Å². The Bertz CT molecular complexity index is 423. The van der Waals surface area contributed by atoms with Gasteiger partial charge in [0, 0.05) is 17.6 Å². The van der Waals surface area contributed by atoms with E-state index in [0.717, 1.165) is 10.9 Å². The largest absolute Gasteiger partial charge is 0.299 e. The molecule has 1 aliphatic heterocycles. The first-order valence-corrected chi connectivity index (χ1v) is 7.62. The summed E-state index contributed by atoms with van der Waals surface area (Å²) in [5.74, 6) is 0.835. The van der Waals surface area contributed by atoms with Gasteiger partial charge in [0.25, 0.3) is 0 Å². The highest BCUT2D eigenvalue weighted by molar-refractivity contribution is 6.30. The molecule has 98 valence electrons. The lowest BCUT2D eigenvalue weighted by atomic mass is 9.77. The number of hydrogen-bond donors (Lipinski definition) is 0. The molecule has 0 amide bonds. The van der Waals surface area contributed by atoms with Gasteiger partial charge in [-0.1, -0.05) is 36.9 Å². The fourth-order valence-electron chi connectivity index (χ4n) is 3.81. The van der Waals surface area contributed by atoms with Crippen LogP contribution in [0.15, 0.2) is 18.2 Å². The van der Waals surface area contributed by atoms with Crippen molar-refractivity contribution < 1.29 is 0 Å². The zero-order valence-electron chi connectivity index (χ0n) is 11.2. The lowest BCUT2D eigenvalue weighted by Gasteiger charge is -2.41. The summed E-state index contributed by atoms with van der Waals surface area (Å²) in [5, 5.41) is 0.893. The van der Waals surface area contributed by atoms with Gasteiger partial charge in [0.05, 0.1) is 0 Å². The zero-order chi connectivity index (χ0) is 12.5. The highest BCUT2D eigenvalue weighted by Gasteiger charge is 2.32. The Morgan fingerprint density at radius 3 is 2.72 bits per heavy atom. The van der Waals surface area contributed by atoms with E-state index in [2.05, 4.69) is 24.1 Å². The SMILES string of the molecule is CN1CCc2ccc(Cl)cc2C1C1CCCCC1. The van der Waals surface area contributed by atoms with Crippen LogP contribution >= 0.6 is 11.6 Å². The second-order valence-electron chi connectivity index (χ2n) is 5.92. The van der Waals surface area contributed by atoms with Crippen LogP contribution in [-0.4, -0.2) is 18.5 Å². The molecule has 2 aliphatic rings. The van der Waals surface area contributed by atoms with Crippen molar-refractivity contribution in [3.8, 4) is 0 Å². The molecule has 1 unspecified atom stereocenters. The normalized spacial score (nSPS) is 26.0. The van der Waals surface area contributed by atoms with Crippen molar-refractivity contribution in [2.75, 3.05) is 13.6 Å². The maximum absolute atomic E-state index is 6.21. The Labute approximate surface area is 115 Å². The predicted octanol–water partition coefficient (Wildman–Crippen LogP) is 4.45. The Balaban J connectivity index is 1.95. The standard InChI is InChI=1S/C16H22ClN/c1-18-10-9-12-7-8-14(17)11-15(12)16(18)13-5-3-2-4-6-13/h7-8,11,13,16H,2-6,9-10H2,1H3. The summed E-state index contributed by atoms with van der Waals surface area (Å²) < 4.78 is 0. The minimum atomic E-state index is 0.604. The average molecular weight is 264 g/mol. The molecule has 1 atom stereocenters. The van der Waals surface area contributed by atoms with Crippen LogP contribution in [0.5, 0.6) is 0 Å². The van der Waals surface area contributed by atoms with E-state index in [1.807, 2.05) is 6.07 Å². The zero-order valence-corrected chi connectivity index (χ0v) is 11.9.